The van der Waals surface area contributed by atoms with Gasteiger partial charge in [0.1, 0.15) is 11.5 Å². The van der Waals surface area contributed by atoms with Crippen molar-refractivity contribution in [3.63, 3.8) is 0 Å². The van der Waals surface area contributed by atoms with Crippen molar-refractivity contribution in [2.45, 2.75) is 45.7 Å². The number of hydrogen-bond donors (Lipinski definition) is 0. The number of rotatable bonds is 16. The molecule has 0 saturated carbocycles. The van der Waals surface area contributed by atoms with Crippen molar-refractivity contribution in [1.82, 2.24) is 9.80 Å². The molecule has 0 N–H and O–H groups in total. The molecule has 0 unspecified atom stereocenters. The zero-order valence-electron chi connectivity index (χ0n) is 26.2. The Morgan fingerprint density at radius 1 is 0.585 bits per heavy atom. The van der Waals surface area contributed by atoms with E-state index >= 15 is 0 Å². The van der Waals surface area contributed by atoms with Gasteiger partial charge >= 0.3 is 0 Å². The lowest BCUT2D eigenvalue weighted by atomic mass is 9.76. The van der Waals surface area contributed by atoms with E-state index < -0.39 is 5.41 Å². The molecule has 0 saturated heterocycles. The Labute approximate surface area is 244 Å². The van der Waals surface area contributed by atoms with E-state index in [1.54, 1.807) is 56.6 Å². The Morgan fingerprint density at radius 2 is 0.854 bits per heavy atom. The summed E-state index contributed by atoms with van der Waals surface area (Å²) in [6, 6.07) is 8.18. The minimum atomic E-state index is -0.494. The highest BCUT2D eigenvalue weighted by atomic mass is 16.5. The molecule has 10 heteroatoms. The molecule has 2 rings (SSSR count). The zero-order chi connectivity index (χ0) is 30.7. The number of amides is 2. The lowest BCUT2D eigenvalue weighted by molar-refractivity contribution is -0.131. The van der Waals surface area contributed by atoms with E-state index in [2.05, 4.69) is 13.8 Å². The molecule has 2 amide bonds. The molecule has 0 aliphatic rings. The maximum absolute atomic E-state index is 12.3. The number of ether oxygens (including phenoxy) is 6. The van der Waals surface area contributed by atoms with Crippen LogP contribution in [-0.4, -0.2) is 91.5 Å². The highest BCUT2D eigenvalue weighted by molar-refractivity contribution is 5.77. The van der Waals surface area contributed by atoms with Crippen LogP contribution in [0.25, 0.3) is 0 Å². The molecule has 0 radical (unpaired) electrons. The van der Waals surface area contributed by atoms with Gasteiger partial charge in [0.05, 0.1) is 26.4 Å². The molecule has 2 aromatic rings. The number of hydrogen-bond acceptors (Lipinski definition) is 8. The molecule has 2 aromatic carbocycles. The summed E-state index contributed by atoms with van der Waals surface area (Å²) in [5, 5.41) is 0. The molecule has 10 nitrogen and oxygen atoms in total. The highest BCUT2D eigenvalue weighted by Crippen LogP contribution is 2.40. The van der Waals surface area contributed by atoms with Crippen molar-refractivity contribution in [2.75, 3.05) is 69.8 Å². The van der Waals surface area contributed by atoms with Gasteiger partial charge in [0.2, 0.25) is 0 Å². The Balaban J connectivity index is 2.66. The third-order valence-electron chi connectivity index (χ3n) is 6.81. The molecule has 0 fully saturated rings. The summed E-state index contributed by atoms with van der Waals surface area (Å²) in [5.41, 5.74) is 4.77. The van der Waals surface area contributed by atoms with Crippen molar-refractivity contribution in [3.8, 4) is 11.5 Å². The number of nitrogens with zero attached hydrogens (tertiary/aromatic N) is 2. The quantitative estimate of drug-likeness (QED) is 0.301. The van der Waals surface area contributed by atoms with Gasteiger partial charge in [-0.1, -0.05) is 13.8 Å². The van der Waals surface area contributed by atoms with Gasteiger partial charge in [-0.2, -0.15) is 0 Å². The van der Waals surface area contributed by atoms with E-state index in [0.29, 0.717) is 37.9 Å². The Bertz CT molecular complexity index is 1030. The van der Waals surface area contributed by atoms with Gasteiger partial charge in [-0.15, -0.1) is 0 Å². The summed E-state index contributed by atoms with van der Waals surface area (Å²) in [6.45, 7) is 5.24. The third-order valence-corrected chi connectivity index (χ3v) is 6.81. The number of carbonyl (C=O) groups excluding carboxylic acids is 2. The third kappa shape index (κ3) is 8.90. The number of methoxy groups -OCH3 is 4. The summed E-state index contributed by atoms with van der Waals surface area (Å²) in [5.74, 6) is 0.870. The molecule has 0 spiro atoms. The molecule has 0 aromatic heterocycles. The maximum Gasteiger partial charge on any atom is 0.259 e. The fourth-order valence-electron chi connectivity index (χ4n) is 4.34. The van der Waals surface area contributed by atoms with Crippen LogP contribution in [0.1, 0.15) is 47.2 Å². The highest BCUT2D eigenvalue weighted by Gasteiger charge is 2.29. The maximum atomic E-state index is 12.3. The lowest BCUT2D eigenvalue weighted by Crippen LogP contribution is -2.28. The van der Waals surface area contributed by atoms with Crippen molar-refractivity contribution >= 4 is 11.8 Å². The van der Waals surface area contributed by atoms with Crippen LogP contribution >= 0.6 is 0 Å². The van der Waals surface area contributed by atoms with Crippen LogP contribution in [0.2, 0.25) is 0 Å². The molecular formula is C31H46N2O8. The minimum Gasteiger partial charge on any atom is -0.483 e. The first-order valence-corrected chi connectivity index (χ1v) is 13.3. The molecular weight excluding hydrogens is 528 g/mol. The molecule has 0 heterocycles. The summed E-state index contributed by atoms with van der Waals surface area (Å²) in [4.78, 5) is 27.5. The van der Waals surface area contributed by atoms with Crippen molar-refractivity contribution in [3.05, 3.63) is 57.6 Å². The van der Waals surface area contributed by atoms with Crippen LogP contribution in [0.3, 0.4) is 0 Å². The number of likely N-dealkylation sites (N-methyl/N-ethyl adjacent to an activating group) is 2. The Morgan fingerprint density at radius 3 is 1.07 bits per heavy atom. The second-order valence-electron chi connectivity index (χ2n) is 10.8. The van der Waals surface area contributed by atoms with Gasteiger partial charge < -0.3 is 38.2 Å². The first kappa shape index (κ1) is 34.0. The number of carbonyl (C=O) groups is 2. The smallest absolute Gasteiger partial charge is 0.259 e. The Hall–Kier alpha value is -3.18. The molecule has 0 atom stereocenters. The topological polar surface area (TPSA) is 96.0 Å². The van der Waals surface area contributed by atoms with Crippen LogP contribution in [0.4, 0.5) is 0 Å². The van der Waals surface area contributed by atoms with E-state index in [0.717, 1.165) is 33.4 Å². The fraction of sp³-hybridized carbons (Fsp3) is 0.548. The predicted octanol–water partition coefficient (Wildman–Crippen LogP) is 3.53. The van der Waals surface area contributed by atoms with Gasteiger partial charge in [-0.05, 0) is 35.4 Å². The molecule has 228 valence electrons. The average Bonchev–Trinajstić information content (AvgIpc) is 2.91. The van der Waals surface area contributed by atoms with Crippen LogP contribution in [0.15, 0.2) is 24.3 Å². The number of benzene rings is 2. The SMILES string of the molecule is COCc1cc(C(C)(C)c2cc(COC)c(OCC(=O)N(C)C)c(COC)c2)cc(COC)c1OCC(=O)N(C)C. The predicted molar refractivity (Wildman–Crippen MR) is 156 cm³/mol. The lowest BCUT2D eigenvalue weighted by Gasteiger charge is -2.30. The van der Waals surface area contributed by atoms with Crippen molar-refractivity contribution < 1.29 is 38.0 Å². The first-order valence-electron chi connectivity index (χ1n) is 13.3. The van der Waals surface area contributed by atoms with Crippen LogP contribution < -0.4 is 9.47 Å². The average molecular weight is 575 g/mol. The second-order valence-corrected chi connectivity index (χ2v) is 10.8. The molecule has 0 aliphatic carbocycles. The largest absolute Gasteiger partial charge is 0.483 e. The van der Waals surface area contributed by atoms with Gasteiger partial charge in [0.25, 0.3) is 11.8 Å². The van der Waals surface area contributed by atoms with Gasteiger partial charge in [0, 0.05) is 84.3 Å². The summed E-state index contributed by atoms with van der Waals surface area (Å²) >= 11 is 0. The fourth-order valence-corrected chi connectivity index (χ4v) is 4.34. The minimum absolute atomic E-state index is 0.0955. The first-order chi connectivity index (χ1) is 19.4. The summed E-state index contributed by atoms with van der Waals surface area (Å²) < 4.78 is 34.1. The second kappa shape index (κ2) is 15.7. The zero-order valence-corrected chi connectivity index (χ0v) is 26.2. The molecule has 41 heavy (non-hydrogen) atoms. The van der Waals surface area contributed by atoms with Gasteiger partial charge in [-0.3, -0.25) is 9.59 Å². The summed E-state index contributed by atoms with van der Waals surface area (Å²) in [7, 11) is 13.2. The van der Waals surface area contributed by atoms with Crippen molar-refractivity contribution in [1.29, 1.82) is 0 Å². The molecule has 0 aliphatic heterocycles. The van der Waals surface area contributed by atoms with Crippen molar-refractivity contribution in [2.24, 2.45) is 0 Å². The summed E-state index contributed by atoms with van der Waals surface area (Å²) in [6.07, 6.45) is 0. The van der Waals surface area contributed by atoms with Crippen LogP contribution in [0.5, 0.6) is 11.5 Å². The van der Waals surface area contributed by atoms with E-state index in [1.807, 2.05) is 24.3 Å². The van der Waals surface area contributed by atoms with Gasteiger partial charge in [0.15, 0.2) is 13.2 Å². The van der Waals surface area contributed by atoms with Gasteiger partial charge in [-0.25, -0.2) is 0 Å². The monoisotopic (exact) mass is 574 g/mol. The Kier molecular flexibility index (Phi) is 13.0. The van der Waals surface area contributed by atoms with E-state index in [4.69, 9.17) is 28.4 Å². The normalized spacial score (nSPS) is 11.4. The van der Waals surface area contributed by atoms with E-state index in [-0.39, 0.29) is 25.0 Å². The van der Waals surface area contributed by atoms with Crippen LogP contribution in [0, 0.1) is 0 Å². The van der Waals surface area contributed by atoms with E-state index in [1.165, 1.54) is 9.80 Å². The standard InChI is InChI=1S/C31H46N2O8/c1-31(2,25-11-21(15-36-7)29(22(12-25)16-37-8)40-19-27(34)32(3)4)26-13-23(17-38-9)30(24(14-26)18-39-10)41-20-28(35)33(5)6/h11-14H,15-20H2,1-10H3. The van der Waals surface area contributed by atoms with Crippen LogP contribution in [-0.2, 0) is 60.4 Å². The van der Waals surface area contributed by atoms with E-state index in [9.17, 15) is 9.59 Å². The molecule has 0 bridgehead atoms.